The van der Waals surface area contributed by atoms with Crippen LogP contribution in [-0.2, 0) is 17.8 Å². The molecule has 4 rings (SSSR count). The smallest absolute Gasteiger partial charge is 0.246 e. The maximum Gasteiger partial charge on any atom is 0.246 e. The minimum absolute atomic E-state index is 0.131. The number of halogens is 1. The van der Waals surface area contributed by atoms with Gasteiger partial charge in [0.1, 0.15) is 11.9 Å². The number of rotatable bonds is 5. The lowest BCUT2D eigenvalue weighted by molar-refractivity contribution is -0.116. The van der Waals surface area contributed by atoms with E-state index in [2.05, 4.69) is 25.4 Å². The number of carbonyl (C=O) groups is 1. The first kappa shape index (κ1) is 19.5. The van der Waals surface area contributed by atoms with Crippen LogP contribution < -0.4 is 10.6 Å². The molecule has 1 atom stereocenters. The summed E-state index contributed by atoms with van der Waals surface area (Å²) in [6.45, 7) is 2.78. The molecule has 2 heterocycles. The topological polar surface area (TPSA) is 71.8 Å². The van der Waals surface area contributed by atoms with Crippen molar-refractivity contribution in [2.24, 2.45) is 0 Å². The van der Waals surface area contributed by atoms with Crippen LogP contribution in [0.25, 0.3) is 11.4 Å². The van der Waals surface area contributed by atoms with E-state index in [4.69, 9.17) is 11.6 Å². The molecule has 29 heavy (non-hydrogen) atoms. The van der Waals surface area contributed by atoms with E-state index >= 15 is 0 Å². The summed E-state index contributed by atoms with van der Waals surface area (Å²) in [6.07, 6.45) is 4.52. The molecular weight excluding hydrogens is 386 g/mol. The van der Waals surface area contributed by atoms with Crippen LogP contribution in [0, 0.1) is 0 Å². The molecular formula is C22H24ClN5O. The van der Waals surface area contributed by atoms with E-state index in [1.54, 1.807) is 18.2 Å². The van der Waals surface area contributed by atoms with E-state index < -0.39 is 6.04 Å². The molecule has 0 saturated carbocycles. The molecule has 0 saturated heterocycles. The maximum atomic E-state index is 12.5. The average Bonchev–Trinajstić information content (AvgIpc) is 2.96. The number of hydrogen-bond acceptors (Lipinski definition) is 4. The Balaban J connectivity index is 1.48. The largest absolute Gasteiger partial charge is 0.374 e. The van der Waals surface area contributed by atoms with Crippen LogP contribution >= 0.6 is 11.6 Å². The third kappa shape index (κ3) is 4.59. The molecule has 0 unspecified atom stereocenters. The van der Waals surface area contributed by atoms with Crippen molar-refractivity contribution in [3.8, 4) is 11.4 Å². The molecule has 0 radical (unpaired) electrons. The number of aromatic nitrogens is 3. The Kier molecular flexibility index (Phi) is 5.81. The lowest BCUT2D eigenvalue weighted by atomic mass is 10.1. The Morgan fingerprint density at radius 1 is 1.07 bits per heavy atom. The van der Waals surface area contributed by atoms with Gasteiger partial charge < -0.3 is 15.2 Å². The zero-order valence-corrected chi connectivity index (χ0v) is 17.1. The van der Waals surface area contributed by atoms with Crippen molar-refractivity contribution in [3.63, 3.8) is 0 Å². The first-order valence-corrected chi connectivity index (χ1v) is 10.3. The van der Waals surface area contributed by atoms with Crippen molar-refractivity contribution in [1.82, 2.24) is 14.8 Å². The fraction of sp³-hybridized carbons (Fsp3) is 0.318. The highest BCUT2D eigenvalue weighted by Crippen LogP contribution is 2.25. The first-order valence-electron chi connectivity index (χ1n) is 9.95. The highest BCUT2D eigenvalue weighted by atomic mass is 35.5. The third-order valence-corrected chi connectivity index (χ3v) is 5.33. The van der Waals surface area contributed by atoms with Gasteiger partial charge in [-0.15, -0.1) is 10.2 Å². The third-order valence-electron chi connectivity index (χ3n) is 5.10. The minimum atomic E-state index is -0.417. The molecule has 7 heteroatoms. The van der Waals surface area contributed by atoms with Crippen LogP contribution in [0.3, 0.4) is 0 Å². The number of nitrogens with zero attached hydrogens (tertiary/aromatic N) is 3. The summed E-state index contributed by atoms with van der Waals surface area (Å²) in [6, 6.07) is 14.7. The van der Waals surface area contributed by atoms with Gasteiger partial charge in [-0.3, -0.25) is 4.79 Å². The Morgan fingerprint density at radius 2 is 1.90 bits per heavy atom. The van der Waals surface area contributed by atoms with Crippen molar-refractivity contribution in [2.45, 2.75) is 45.2 Å². The van der Waals surface area contributed by atoms with Crippen LogP contribution in [-0.4, -0.2) is 26.7 Å². The SMILES string of the molecule is C[C@H](Nc1cccc(-c2nnc3n2CCCCC3)c1)C(=O)Nc1cccc(Cl)c1. The Labute approximate surface area is 175 Å². The summed E-state index contributed by atoms with van der Waals surface area (Å²) in [4.78, 5) is 12.5. The molecule has 2 aromatic carbocycles. The second-order valence-corrected chi connectivity index (χ2v) is 7.78. The van der Waals surface area contributed by atoms with Gasteiger partial charge >= 0.3 is 0 Å². The zero-order valence-electron chi connectivity index (χ0n) is 16.4. The van der Waals surface area contributed by atoms with Gasteiger partial charge in [0.15, 0.2) is 5.82 Å². The number of benzene rings is 2. The van der Waals surface area contributed by atoms with Crippen LogP contribution in [0.5, 0.6) is 0 Å². The van der Waals surface area contributed by atoms with Gasteiger partial charge in [0.25, 0.3) is 0 Å². The van der Waals surface area contributed by atoms with E-state index in [9.17, 15) is 4.79 Å². The minimum Gasteiger partial charge on any atom is -0.374 e. The van der Waals surface area contributed by atoms with E-state index in [1.165, 1.54) is 12.8 Å². The van der Waals surface area contributed by atoms with Gasteiger partial charge in [0, 0.05) is 34.9 Å². The fourth-order valence-corrected chi connectivity index (χ4v) is 3.77. The number of nitrogens with one attached hydrogen (secondary N) is 2. The van der Waals surface area contributed by atoms with Gasteiger partial charge in [0.2, 0.25) is 5.91 Å². The van der Waals surface area contributed by atoms with Gasteiger partial charge in [-0.2, -0.15) is 0 Å². The van der Waals surface area contributed by atoms with Gasteiger partial charge in [-0.05, 0) is 50.1 Å². The molecule has 0 spiro atoms. The van der Waals surface area contributed by atoms with Gasteiger partial charge in [-0.25, -0.2) is 0 Å². The van der Waals surface area contributed by atoms with Crippen molar-refractivity contribution < 1.29 is 4.79 Å². The fourth-order valence-electron chi connectivity index (χ4n) is 3.58. The number of fused-ring (bicyclic) bond motifs is 1. The lowest BCUT2D eigenvalue weighted by Crippen LogP contribution is -2.31. The van der Waals surface area contributed by atoms with Crippen LogP contribution in [0.15, 0.2) is 48.5 Å². The lowest BCUT2D eigenvalue weighted by Gasteiger charge is -2.16. The number of amides is 1. The molecule has 3 aromatic rings. The first-order chi connectivity index (χ1) is 14.1. The van der Waals surface area contributed by atoms with Crippen LogP contribution in [0.2, 0.25) is 5.02 Å². The molecule has 2 N–H and O–H groups in total. The monoisotopic (exact) mass is 409 g/mol. The Bertz CT molecular complexity index is 1020. The molecule has 1 aromatic heterocycles. The number of aryl methyl sites for hydroxylation is 1. The molecule has 1 aliphatic heterocycles. The summed E-state index contributed by atoms with van der Waals surface area (Å²) in [5, 5.41) is 15.5. The highest BCUT2D eigenvalue weighted by Gasteiger charge is 2.17. The highest BCUT2D eigenvalue weighted by molar-refractivity contribution is 6.30. The summed E-state index contributed by atoms with van der Waals surface area (Å²) >= 11 is 5.98. The zero-order chi connectivity index (χ0) is 20.2. The number of carbonyl (C=O) groups excluding carboxylic acids is 1. The summed E-state index contributed by atoms with van der Waals surface area (Å²) in [5.41, 5.74) is 2.54. The van der Waals surface area contributed by atoms with E-state index in [-0.39, 0.29) is 5.91 Å². The van der Waals surface area contributed by atoms with Gasteiger partial charge in [0.05, 0.1) is 0 Å². The van der Waals surface area contributed by atoms with E-state index in [0.29, 0.717) is 10.7 Å². The molecule has 1 amide bonds. The van der Waals surface area contributed by atoms with Crippen molar-refractivity contribution in [2.75, 3.05) is 10.6 Å². The summed E-state index contributed by atoms with van der Waals surface area (Å²) in [7, 11) is 0. The van der Waals surface area contributed by atoms with E-state index in [1.807, 2.05) is 37.3 Å². The molecule has 6 nitrogen and oxygen atoms in total. The summed E-state index contributed by atoms with van der Waals surface area (Å²) < 4.78 is 2.22. The number of hydrogen-bond donors (Lipinski definition) is 2. The Morgan fingerprint density at radius 3 is 2.76 bits per heavy atom. The van der Waals surface area contributed by atoms with Crippen LogP contribution in [0.1, 0.15) is 32.0 Å². The standard InChI is InChI=1S/C22H24ClN5O/c1-15(22(29)25-19-10-6-8-17(23)14-19)24-18-9-5-7-16(13-18)21-27-26-20-11-3-2-4-12-28(20)21/h5-10,13-15,24H,2-4,11-12H2,1H3,(H,25,29)/t15-/m0/s1. The number of anilines is 2. The molecule has 150 valence electrons. The second-order valence-electron chi connectivity index (χ2n) is 7.35. The molecule has 0 fully saturated rings. The predicted octanol–water partition coefficient (Wildman–Crippen LogP) is 4.76. The predicted molar refractivity (Wildman–Crippen MR) is 116 cm³/mol. The van der Waals surface area contributed by atoms with E-state index in [0.717, 1.165) is 42.3 Å². The second kappa shape index (κ2) is 8.66. The quantitative estimate of drug-likeness (QED) is 0.637. The van der Waals surface area contributed by atoms with Crippen molar-refractivity contribution >= 4 is 28.9 Å². The Hall–Kier alpha value is -2.86. The molecule has 0 bridgehead atoms. The average molecular weight is 410 g/mol. The van der Waals surface area contributed by atoms with Crippen molar-refractivity contribution in [1.29, 1.82) is 0 Å². The maximum absolute atomic E-state index is 12.5. The normalized spacial score (nSPS) is 14.6. The van der Waals surface area contributed by atoms with Crippen LogP contribution in [0.4, 0.5) is 11.4 Å². The molecule has 1 aliphatic rings. The van der Waals surface area contributed by atoms with Crippen molar-refractivity contribution in [3.05, 3.63) is 59.4 Å². The van der Waals surface area contributed by atoms with Gasteiger partial charge in [-0.1, -0.05) is 36.2 Å². The summed E-state index contributed by atoms with van der Waals surface area (Å²) in [5.74, 6) is 1.82. The molecule has 0 aliphatic carbocycles.